The van der Waals surface area contributed by atoms with E-state index in [0.29, 0.717) is 6.61 Å². The molecule has 0 saturated heterocycles. The van der Waals surface area contributed by atoms with Gasteiger partial charge >= 0.3 is 0 Å². The molecule has 5 heteroatoms. The maximum atomic E-state index is 6.76. The van der Waals surface area contributed by atoms with Crippen molar-refractivity contribution in [2.24, 2.45) is 5.10 Å². The van der Waals surface area contributed by atoms with Crippen LogP contribution in [-0.4, -0.2) is 30.2 Å². The quantitative estimate of drug-likeness (QED) is 0.708. The monoisotopic (exact) mass is 392 g/mol. The van der Waals surface area contributed by atoms with Gasteiger partial charge in [0.05, 0.1) is 25.5 Å². The molecule has 152 valence electrons. The van der Waals surface area contributed by atoms with Crippen molar-refractivity contribution in [3.8, 4) is 17.2 Å². The molecule has 29 heavy (non-hydrogen) atoms. The molecule has 5 rings (SSSR count). The highest BCUT2D eigenvalue weighted by Gasteiger charge is 2.51. The minimum absolute atomic E-state index is 0.179. The number of ether oxygens (including phenoxy) is 3. The molecule has 3 aliphatic rings. The van der Waals surface area contributed by atoms with Crippen LogP contribution < -0.4 is 14.2 Å². The van der Waals surface area contributed by atoms with E-state index in [1.165, 1.54) is 24.8 Å². The van der Waals surface area contributed by atoms with E-state index in [4.69, 9.17) is 19.3 Å². The summed E-state index contributed by atoms with van der Waals surface area (Å²) in [5.41, 5.74) is 3.02. The van der Waals surface area contributed by atoms with Crippen LogP contribution in [0, 0.1) is 0 Å². The smallest absolute Gasteiger partial charge is 0.198 e. The first-order chi connectivity index (χ1) is 14.2. The summed E-state index contributed by atoms with van der Waals surface area (Å²) in [7, 11) is 1.70. The topological polar surface area (TPSA) is 43.3 Å². The zero-order valence-corrected chi connectivity index (χ0v) is 17.2. The Kier molecular flexibility index (Phi) is 4.61. The molecule has 0 N–H and O–H groups in total. The second-order valence-corrected chi connectivity index (χ2v) is 8.06. The van der Waals surface area contributed by atoms with Crippen LogP contribution >= 0.6 is 0 Å². The van der Waals surface area contributed by atoms with Crippen LogP contribution in [0.5, 0.6) is 17.2 Å². The van der Waals surface area contributed by atoms with Gasteiger partial charge in [-0.25, -0.2) is 5.01 Å². The molecule has 1 atom stereocenters. The fourth-order valence-corrected chi connectivity index (χ4v) is 4.95. The summed E-state index contributed by atoms with van der Waals surface area (Å²) in [6.07, 6.45) is 6.45. The van der Waals surface area contributed by atoms with Crippen LogP contribution in [0.1, 0.15) is 62.6 Å². The molecule has 0 bridgehead atoms. The van der Waals surface area contributed by atoms with Crippen molar-refractivity contribution in [1.29, 1.82) is 0 Å². The predicted molar refractivity (Wildman–Crippen MR) is 113 cm³/mol. The number of rotatable bonds is 4. The highest BCUT2D eigenvalue weighted by molar-refractivity contribution is 6.02. The minimum atomic E-state index is -0.371. The molecule has 1 aliphatic carbocycles. The van der Waals surface area contributed by atoms with Gasteiger partial charge in [-0.3, -0.25) is 0 Å². The molecule has 0 unspecified atom stereocenters. The SMILES string of the molecule is CCOc1cccc2c1OC1(CCCCC1)N1N=C(c3cccc(OC)c3)C[C@H]21. The lowest BCUT2D eigenvalue weighted by Crippen LogP contribution is -2.54. The average molecular weight is 392 g/mol. The molecule has 0 aromatic heterocycles. The van der Waals surface area contributed by atoms with Crippen molar-refractivity contribution in [2.45, 2.75) is 57.2 Å². The van der Waals surface area contributed by atoms with Crippen LogP contribution in [0.25, 0.3) is 0 Å². The van der Waals surface area contributed by atoms with Crippen LogP contribution in [0.15, 0.2) is 47.6 Å². The highest BCUT2D eigenvalue weighted by atomic mass is 16.6. The molecule has 2 heterocycles. The van der Waals surface area contributed by atoms with Gasteiger partial charge in [0.1, 0.15) is 5.75 Å². The Morgan fingerprint density at radius 3 is 2.76 bits per heavy atom. The first kappa shape index (κ1) is 18.3. The van der Waals surface area contributed by atoms with Crippen LogP contribution in [-0.2, 0) is 0 Å². The number of hydrazone groups is 1. The first-order valence-electron chi connectivity index (χ1n) is 10.7. The van der Waals surface area contributed by atoms with Crippen LogP contribution in [0.3, 0.4) is 0 Å². The van der Waals surface area contributed by atoms with Gasteiger partial charge in [0.15, 0.2) is 17.2 Å². The maximum absolute atomic E-state index is 6.76. The summed E-state index contributed by atoms with van der Waals surface area (Å²) in [5.74, 6) is 2.63. The van der Waals surface area contributed by atoms with Crippen molar-refractivity contribution < 1.29 is 14.2 Å². The van der Waals surface area contributed by atoms with Gasteiger partial charge in [-0.1, -0.05) is 30.7 Å². The third kappa shape index (κ3) is 3.04. The van der Waals surface area contributed by atoms with Gasteiger partial charge in [0, 0.05) is 30.4 Å². The summed E-state index contributed by atoms with van der Waals surface area (Å²) in [6.45, 7) is 2.65. The molecule has 5 nitrogen and oxygen atoms in total. The second kappa shape index (κ2) is 7.29. The van der Waals surface area contributed by atoms with E-state index >= 15 is 0 Å². The number of hydrogen-bond donors (Lipinski definition) is 0. The fourth-order valence-electron chi connectivity index (χ4n) is 4.95. The minimum Gasteiger partial charge on any atom is -0.497 e. The first-order valence-corrected chi connectivity index (χ1v) is 10.7. The number of hydrogen-bond acceptors (Lipinski definition) is 5. The van der Waals surface area contributed by atoms with Gasteiger partial charge in [0.2, 0.25) is 0 Å². The summed E-state index contributed by atoms with van der Waals surface area (Å²) in [6, 6.07) is 14.6. The zero-order chi connectivity index (χ0) is 19.8. The summed E-state index contributed by atoms with van der Waals surface area (Å²) < 4.78 is 18.1. The molecule has 1 saturated carbocycles. The number of benzene rings is 2. The Hall–Kier alpha value is -2.69. The van der Waals surface area contributed by atoms with Crippen molar-refractivity contribution in [1.82, 2.24) is 5.01 Å². The molecular weight excluding hydrogens is 364 g/mol. The fraction of sp³-hybridized carbons (Fsp3) is 0.458. The highest BCUT2D eigenvalue weighted by Crippen LogP contribution is 2.53. The van der Waals surface area contributed by atoms with Gasteiger partial charge in [-0.15, -0.1) is 0 Å². The Morgan fingerprint density at radius 1 is 1.14 bits per heavy atom. The summed E-state index contributed by atoms with van der Waals surface area (Å²) >= 11 is 0. The normalized spacial score (nSPS) is 21.8. The van der Waals surface area contributed by atoms with E-state index < -0.39 is 0 Å². The summed E-state index contributed by atoms with van der Waals surface area (Å²) in [5, 5.41) is 7.40. The number of para-hydroxylation sites is 1. The summed E-state index contributed by atoms with van der Waals surface area (Å²) in [4.78, 5) is 0. The van der Waals surface area contributed by atoms with Crippen LogP contribution in [0.2, 0.25) is 0 Å². The average Bonchev–Trinajstić information content (AvgIpc) is 3.22. The molecule has 0 radical (unpaired) electrons. The van der Waals surface area contributed by atoms with E-state index in [-0.39, 0.29) is 11.8 Å². The van der Waals surface area contributed by atoms with E-state index in [1.807, 2.05) is 25.1 Å². The van der Waals surface area contributed by atoms with E-state index in [1.54, 1.807) is 7.11 Å². The number of fused-ring (bicyclic) bond motifs is 4. The lowest BCUT2D eigenvalue weighted by atomic mass is 9.86. The second-order valence-electron chi connectivity index (χ2n) is 8.06. The Balaban J connectivity index is 1.59. The Labute approximate surface area is 172 Å². The van der Waals surface area contributed by atoms with Crippen molar-refractivity contribution in [3.05, 3.63) is 53.6 Å². The maximum Gasteiger partial charge on any atom is 0.198 e. The number of nitrogens with zero attached hydrogens (tertiary/aromatic N) is 2. The molecule has 1 spiro atoms. The molecule has 0 amide bonds. The Morgan fingerprint density at radius 2 is 1.97 bits per heavy atom. The zero-order valence-electron chi connectivity index (χ0n) is 17.2. The lowest BCUT2D eigenvalue weighted by Gasteiger charge is -2.49. The van der Waals surface area contributed by atoms with E-state index in [2.05, 4.69) is 29.3 Å². The molecule has 2 aromatic carbocycles. The Bertz CT molecular complexity index is 933. The predicted octanol–water partition coefficient (Wildman–Crippen LogP) is 5.30. The standard InChI is InChI=1S/C24H28N2O3/c1-3-28-22-12-8-11-19-21-16-20(17-9-7-10-18(15-17)27-2)25-26(21)24(29-23(19)22)13-5-4-6-14-24/h7-12,15,21H,3-6,13-14,16H2,1-2H3/t21-/m1/s1. The van der Waals surface area contributed by atoms with Crippen molar-refractivity contribution in [2.75, 3.05) is 13.7 Å². The molecular formula is C24H28N2O3. The molecule has 2 aromatic rings. The van der Waals surface area contributed by atoms with Gasteiger partial charge in [-0.2, -0.15) is 5.10 Å². The third-order valence-corrected chi connectivity index (χ3v) is 6.33. The van der Waals surface area contributed by atoms with Crippen molar-refractivity contribution >= 4 is 5.71 Å². The molecule has 1 fully saturated rings. The molecule has 2 aliphatic heterocycles. The van der Waals surface area contributed by atoms with Gasteiger partial charge in [-0.05, 0) is 38.0 Å². The van der Waals surface area contributed by atoms with Gasteiger partial charge in [0.25, 0.3) is 0 Å². The number of methoxy groups -OCH3 is 1. The van der Waals surface area contributed by atoms with Crippen LogP contribution in [0.4, 0.5) is 0 Å². The van der Waals surface area contributed by atoms with Crippen molar-refractivity contribution in [3.63, 3.8) is 0 Å². The third-order valence-electron chi connectivity index (χ3n) is 6.33. The largest absolute Gasteiger partial charge is 0.497 e. The van der Waals surface area contributed by atoms with E-state index in [9.17, 15) is 0 Å². The van der Waals surface area contributed by atoms with E-state index in [0.717, 1.165) is 47.8 Å². The van der Waals surface area contributed by atoms with Gasteiger partial charge < -0.3 is 14.2 Å². The lowest BCUT2D eigenvalue weighted by molar-refractivity contribution is -0.141.